The number of benzene rings is 1. The van der Waals surface area contributed by atoms with Crippen molar-refractivity contribution < 1.29 is 0 Å². The Morgan fingerprint density at radius 3 is 2.58 bits per heavy atom. The van der Waals surface area contributed by atoms with Crippen LogP contribution in [0.15, 0.2) is 30.5 Å². The van der Waals surface area contributed by atoms with Gasteiger partial charge in [0, 0.05) is 11.8 Å². The van der Waals surface area contributed by atoms with E-state index in [2.05, 4.69) is 43.1 Å². The van der Waals surface area contributed by atoms with Crippen LogP contribution >= 0.6 is 0 Å². The molecule has 2 aromatic rings. The summed E-state index contributed by atoms with van der Waals surface area (Å²) in [6.45, 7) is 6.35. The first-order valence-corrected chi connectivity index (χ1v) is 6.30. The first-order chi connectivity index (χ1) is 9.04. The molecule has 2 rings (SSSR count). The number of nitrogens with zero attached hydrogens (tertiary/aromatic N) is 2. The van der Waals surface area contributed by atoms with E-state index in [1.165, 1.54) is 5.56 Å². The third-order valence-electron chi connectivity index (χ3n) is 3.31. The molecule has 0 bridgehead atoms. The molecular formula is C16H17N3. The second-order valence-electron chi connectivity index (χ2n) is 4.96. The fourth-order valence-electron chi connectivity index (χ4n) is 2.11. The molecule has 1 heterocycles. The SMILES string of the molecule is Cc1ccc(C(C)C)cc1-c1ccnc(N)c1C#N. The smallest absolute Gasteiger partial charge is 0.141 e. The van der Waals surface area contributed by atoms with Crippen LogP contribution in [-0.4, -0.2) is 4.98 Å². The third-order valence-corrected chi connectivity index (χ3v) is 3.31. The average Bonchev–Trinajstić information content (AvgIpc) is 2.38. The highest BCUT2D eigenvalue weighted by atomic mass is 14.8. The van der Waals surface area contributed by atoms with Gasteiger partial charge in [-0.2, -0.15) is 5.26 Å². The van der Waals surface area contributed by atoms with Crippen LogP contribution < -0.4 is 5.73 Å². The zero-order valence-electron chi connectivity index (χ0n) is 11.4. The molecule has 0 aliphatic rings. The van der Waals surface area contributed by atoms with Crippen LogP contribution in [0.25, 0.3) is 11.1 Å². The van der Waals surface area contributed by atoms with Crippen molar-refractivity contribution in [1.82, 2.24) is 4.98 Å². The molecule has 0 saturated carbocycles. The number of nitrogens with two attached hydrogens (primary N) is 1. The van der Waals surface area contributed by atoms with Gasteiger partial charge in [-0.3, -0.25) is 0 Å². The molecule has 0 spiro atoms. The Morgan fingerprint density at radius 1 is 1.21 bits per heavy atom. The summed E-state index contributed by atoms with van der Waals surface area (Å²) in [6.07, 6.45) is 1.65. The van der Waals surface area contributed by atoms with Crippen molar-refractivity contribution >= 4 is 5.82 Å². The van der Waals surface area contributed by atoms with Crippen molar-refractivity contribution in [2.75, 3.05) is 5.73 Å². The van der Waals surface area contributed by atoms with E-state index < -0.39 is 0 Å². The molecule has 0 fully saturated rings. The lowest BCUT2D eigenvalue weighted by Gasteiger charge is -2.13. The molecule has 0 unspecified atom stereocenters. The van der Waals surface area contributed by atoms with Crippen LogP contribution in [0, 0.1) is 18.3 Å². The second kappa shape index (κ2) is 5.11. The Bertz CT molecular complexity index is 652. The summed E-state index contributed by atoms with van der Waals surface area (Å²) < 4.78 is 0. The first kappa shape index (κ1) is 13.1. The van der Waals surface area contributed by atoms with Crippen LogP contribution in [0.3, 0.4) is 0 Å². The Labute approximate surface area is 113 Å². The van der Waals surface area contributed by atoms with E-state index in [1.807, 2.05) is 13.0 Å². The van der Waals surface area contributed by atoms with Crippen molar-refractivity contribution in [3.63, 3.8) is 0 Å². The van der Waals surface area contributed by atoms with E-state index in [9.17, 15) is 5.26 Å². The van der Waals surface area contributed by atoms with Crippen molar-refractivity contribution in [1.29, 1.82) is 5.26 Å². The summed E-state index contributed by atoms with van der Waals surface area (Å²) in [4.78, 5) is 3.98. The number of hydrogen-bond acceptors (Lipinski definition) is 3. The van der Waals surface area contributed by atoms with E-state index in [1.54, 1.807) is 6.20 Å². The summed E-state index contributed by atoms with van der Waals surface area (Å²) in [7, 11) is 0. The molecule has 0 saturated heterocycles. The predicted molar refractivity (Wildman–Crippen MR) is 77.6 cm³/mol. The predicted octanol–water partition coefficient (Wildman–Crippen LogP) is 3.63. The summed E-state index contributed by atoms with van der Waals surface area (Å²) >= 11 is 0. The summed E-state index contributed by atoms with van der Waals surface area (Å²) in [5, 5.41) is 9.26. The highest BCUT2D eigenvalue weighted by Gasteiger charge is 2.12. The van der Waals surface area contributed by atoms with Crippen molar-refractivity contribution in [2.45, 2.75) is 26.7 Å². The van der Waals surface area contributed by atoms with Gasteiger partial charge in [-0.25, -0.2) is 4.98 Å². The number of aryl methyl sites for hydroxylation is 1. The van der Waals surface area contributed by atoms with Gasteiger partial charge in [0.2, 0.25) is 0 Å². The van der Waals surface area contributed by atoms with E-state index >= 15 is 0 Å². The Morgan fingerprint density at radius 2 is 1.95 bits per heavy atom. The van der Waals surface area contributed by atoms with Crippen molar-refractivity contribution in [3.05, 3.63) is 47.2 Å². The fraction of sp³-hybridized carbons (Fsp3) is 0.250. The molecule has 1 aromatic heterocycles. The maximum atomic E-state index is 9.26. The summed E-state index contributed by atoms with van der Waals surface area (Å²) in [5.41, 5.74) is 10.5. The van der Waals surface area contributed by atoms with Gasteiger partial charge in [0.1, 0.15) is 17.5 Å². The summed E-state index contributed by atoms with van der Waals surface area (Å²) in [6, 6.07) is 10.3. The first-order valence-electron chi connectivity index (χ1n) is 6.30. The van der Waals surface area contributed by atoms with Crippen molar-refractivity contribution in [2.24, 2.45) is 0 Å². The normalized spacial score (nSPS) is 10.5. The number of pyridine rings is 1. The minimum absolute atomic E-state index is 0.286. The standard InChI is InChI=1S/C16H17N3/c1-10(2)12-5-4-11(3)14(8-12)13-6-7-19-16(18)15(13)9-17/h4-8,10H,1-3H3,(H2,18,19). The lowest BCUT2D eigenvalue weighted by atomic mass is 9.92. The van der Waals surface area contributed by atoms with Crippen LogP contribution in [-0.2, 0) is 0 Å². The topological polar surface area (TPSA) is 62.7 Å². The second-order valence-corrected chi connectivity index (χ2v) is 4.96. The Kier molecular flexibility index (Phi) is 3.52. The largest absolute Gasteiger partial charge is 0.383 e. The van der Waals surface area contributed by atoms with Crippen LogP contribution in [0.1, 0.15) is 36.5 Å². The molecule has 96 valence electrons. The lowest BCUT2D eigenvalue weighted by molar-refractivity contribution is 0.866. The minimum atomic E-state index is 0.286. The molecule has 1 aromatic carbocycles. The van der Waals surface area contributed by atoms with Gasteiger partial charge in [0.15, 0.2) is 0 Å². The van der Waals surface area contributed by atoms with Crippen LogP contribution in [0.4, 0.5) is 5.82 Å². The molecule has 3 heteroatoms. The maximum Gasteiger partial charge on any atom is 0.141 e. The minimum Gasteiger partial charge on any atom is -0.383 e. The number of rotatable bonds is 2. The van der Waals surface area contributed by atoms with Gasteiger partial charge in [0.25, 0.3) is 0 Å². The fourth-order valence-corrected chi connectivity index (χ4v) is 2.11. The number of aromatic nitrogens is 1. The van der Waals surface area contributed by atoms with Crippen molar-refractivity contribution in [3.8, 4) is 17.2 Å². The molecule has 2 N–H and O–H groups in total. The molecule has 0 atom stereocenters. The lowest BCUT2D eigenvalue weighted by Crippen LogP contribution is -1.98. The molecule has 19 heavy (non-hydrogen) atoms. The van der Waals surface area contributed by atoms with Gasteiger partial charge >= 0.3 is 0 Å². The Hall–Kier alpha value is -2.34. The van der Waals surface area contributed by atoms with Gasteiger partial charge in [0.05, 0.1) is 0 Å². The van der Waals surface area contributed by atoms with E-state index in [0.717, 1.165) is 16.7 Å². The van der Waals surface area contributed by atoms with E-state index in [4.69, 9.17) is 5.73 Å². The Balaban J connectivity index is 2.69. The van der Waals surface area contributed by atoms with Gasteiger partial charge in [-0.1, -0.05) is 32.0 Å². The molecule has 0 aliphatic carbocycles. The highest BCUT2D eigenvalue weighted by Crippen LogP contribution is 2.31. The zero-order chi connectivity index (χ0) is 14.0. The van der Waals surface area contributed by atoms with Crippen LogP contribution in [0.2, 0.25) is 0 Å². The molecular weight excluding hydrogens is 234 g/mol. The molecule has 3 nitrogen and oxygen atoms in total. The number of nitrogen functional groups attached to an aromatic ring is 1. The summed E-state index contributed by atoms with van der Waals surface area (Å²) in [5.74, 6) is 0.735. The quantitative estimate of drug-likeness (QED) is 0.886. The number of hydrogen-bond donors (Lipinski definition) is 1. The average molecular weight is 251 g/mol. The van der Waals surface area contributed by atoms with Gasteiger partial charge in [-0.15, -0.1) is 0 Å². The molecule has 0 amide bonds. The van der Waals surface area contributed by atoms with E-state index in [-0.39, 0.29) is 5.82 Å². The number of nitriles is 1. The van der Waals surface area contributed by atoms with Crippen LogP contribution in [0.5, 0.6) is 0 Å². The molecule has 0 radical (unpaired) electrons. The zero-order valence-corrected chi connectivity index (χ0v) is 11.4. The van der Waals surface area contributed by atoms with Gasteiger partial charge < -0.3 is 5.73 Å². The number of anilines is 1. The molecule has 0 aliphatic heterocycles. The monoisotopic (exact) mass is 251 g/mol. The highest BCUT2D eigenvalue weighted by molar-refractivity contribution is 5.77. The van der Waals surface area contributed by atoms with E-state index in [0.29, 0.717) is 11.5 Å². The maximum absolute atomic E-state index is 9.26. The van der Waals surface area contributed by atoms with Gasteiger partial charge in [-0.05, 0) is 35.6 Å². The third kappa shape index (κ3) is 2.43.